The maximum atomic E-state index is 14.0. The molecule has 1 N–H and O–H groups in total. The molecular formula is C29H32Cl3N3O4S. The van der Waals surface area contributed by atoms with Crippen molar-refractivity contribution in [3.63, 3.8) is 0 Å². The highest BCUT2D eigenvalue weighted by molar-refractivity contribution is 7.92. The average Bonchev–Trinajstić information content (AvgIpc) is 2.92. The molecule has 7 nitrogen and oxygen atoms in total. The fraction of sp³-hybridized carbons (Fsp3) is 0.310. The van der Waals surface area contributed by atoms with E-state index in [0.717, 1.165) is 22.7 Å². The molecule has 214 valence electrons. The van der Waals surface area contributed by atoms with Crippen LogP contribution in [0.2, 0.25) is 15.1 Å². The molecule has 2 amide bonds. The molecule has 0 unspecified atom stereocenters. The molecule has 11 heteroatoms. The van der Waals surface area contributed by atoms with E-state index in [1.807, 2.05) is 13.8 Å². The summed E-state index contributed by atoms with van der Waals surface area (Å²) in [6.45, 7) is 5.33. The minimum absolute atomic E-state index is 0.0144. The lowest BCUT2D eigenvalue weighted by Gasteiger charge is -2.32. The zero-order valence-corrected chi connectivity index (χ0v) is 25.6. The normalized spacial score (nSPS) is 12.1. The third-order valence-corrected chi connectivity index (χ3v) is 9.14. The number of carbonyl (C=O) groups excluding carboxylic acids is 2. The second-order valence-corrected chi connectivity index (χ2v) is 12.5. The lowest BCUT2D eigenvalue weighted by atomic mass is 10.1. The van der Waals surface area contributed by atoms with Crippen LogP contribution in [-0.4, -0.2) is 44.3 Å². The fourth-order valence-electron chi connectivity index (χ4n) is 3.99. The monoisotopic (exact) mass is 623 g/mol. The number of nitrogens with one attached hydrogen (secondary N) is 1. The van der Waals surface area contributed by atoms with E-state index < -0.39 is 28.5 Å². The molecule has 3 aromatic carbocycles. The zero-order valence-electron chi connectivity index (χ0n) is 22.5. The largest absolute Gasteiger partial charge is 0.354 e. The number of carbonyl (C=O) groups is 2. The van der Waals surface area contributed by atoms with Gasteiger partial charge < -0.3 is 10.2 Å². The van der Waals surface area contributed by atoms with Crippen molar-refractivity contribution in [2.75, 3.05) is 17.4 Å². The van der Waals surface area contributed by atoms with Gasteiger partial charge in [-0.05, 0) is 62.2 Å². The standard InChI is InChI=1S/C29H32Cl3N3O4S/c1-4-5-16-33-29(37)21(3)34(18-22-8-6-9-23(30)17-22)27(36)19-35(26-11-7-10-25(31)28(26)32)40(38,39)24-14-12-20(2)13-15-24/h6-15,17,21H,4-5,16,18-19H2,1-3H3,(H,33,37)/t21-/m1/s1. The minimum Gasteiger partial charge on any atom is -0.354 e. The smallest absolute Gasteiger partial charge is 0.264 e. The molecule has 0 aromatic heterocycles. The number of rotatable bonds is 12. The third kappa shape index (κ3) is 7.91. The molecule has 40 heavy (non-hydrogen) atoms. The van der Waals surface area contributed by atoms with Gasteiger partial charge in [0.15, 0.2) is 0 Å². The van der Waals surface area contributed by atoms with E-state index in [1.165, 1.54) is 29.2 Å². The zero-order chi connectivity index (χ0) is 29.4. The number of hydrogen-bond acceptors (Lipinski definition) is 4. The molecule has 0 aliphatic heterocycles. The first-order valence-corrected chi connectivity index (χ1v) is 15.4. The summed E-state index contributed by atoms with van der Waals surface area (Å²) in [5.41, 5.74) is 1.60. The van der Waals surface area contributed by atoms with Crippen molar-refractivity contribution in [2.24, 2.45) is 0 Å². The van der Waals surface area contributed by atoms with Gasteiger partial charge in [-0.3, -0.25) is 13.9 Å². The second-order valence-electron chi connectivity index (χ2n) is 9.37. The van der Waals surface area contributed by atoms with Gasteiger partial charge in [0.2, 0.25) is 11.8 Å². The van der Waals surface area contributed by atoms with E-state index in [2.05, 4.69) is 5.32 Å². The number of hydrogen-bond donors (Lipinski definition) is 1. The summed E-state index contributed by atoms with van der Waals surface area (Å²) in [5.74, 6) is -0.956. The van der Waals surface area contributed by atoms with Gasteiger partial charge in [0.05, 0.1) is 20.6 Å². The second kappa shape index (κ2) is 14.2. The maximum absolute atomic E-state index is 14.0. The van der Waals surface area contributed by atoms with Crippen molar-refractivity contribution in [1.29, 1.82) is 0 Å². The number of sulfonamides is 1. The highest BCUT2D eigenvalue weighted by atomic mass is 35.5. The summed E-state index contributed by atoms with van der Waals surface area (Å²) in [6.07, 6.45) is 1.68. The van der Waals surface area contributed by atoms with Crippen LogP contribution in [0.4, 0.5) is 5.69 Å². The Morgan fingerprint density at radius 3 is 2.30 bits per heavy atom. The number of aryl methyl sites for hydroxylation is 1. The van der Waals surface area contributed by atoms with Crippen LogP contribution in [0.5, 0.6) is 0 Å². The SMILES string of the molecule is CCCCNC(=O)[C@@H](C)N(Cc1cccc(Cl)c1)C(=O)CN(c1cccc(Cl)c1Cl)S(=O)(=O)c1ccc(C)cc1. The molecule has 0 aliphatic rings. The molecule has 0 fully saturated rings. The summed E-state index contributed by atoms with van der Waals surface area (Å²) < 4.78 is 28.7. The molecule has 0 saturated heterocycles. The molecule has 0 heterocycles. The summed E-state index contributed by atoms with van der Waals surface area (Å²) in [4.78, 5) is 28.3. The number of halogens is 3. The van der Waals surface area contributed by atoms with E-state index in [-0.39, 0.29) is 33.1 Å². The molecule has 0 aliphatic carbocycles. The highest BCUT2D eigenvalue weighted by Gasteiger charge is 2.33. The van der Waals surface area contributed by atoms with Crippen molar-refractivity contribution >= 4 is 62.3 Å². The summed E-state index contributed by atoms with van der Waals surface area (Å²) in [7, 11) is -4.26. The Bertz CT molecular complexity index is 1450. The molecule has 0 bridgehead atoms. The molecule has 0 spiro atoms. The number of nitrogens with zero attached hydrogens (tertiary/aromatic N) is 2. The summed E-state index contributed by atoms with van der Waals surface area (Å²) >= 11 is 18.9. The van der Waals surface area contributed by atoms with Crippen LogP contribution in [0.15, 0.2) is 71.6 Å². The summed E-state index contributed by atoms with van der Waals surface area (Å²) in [5, 5.41) is 3.44. The van der Waals surface area contributed by atoms with Crippen molar-refractivity contribution in [1.82, 2.24) is 10.2 Å². The minimum atomic E-state index is -4.26. The first-order chi connectivity index (χ1) is 18.9. The molecule has 0 radical (unpaired) electrons. The van der Waals surface area contributed by atoms with Gasteiger partial charge >= 0.3 is 0 Å². The fourth-order valence-corrected chi connectivity index (χ4v) is 6.07. The molecule has 1 atom stereocenters. The number of benzene rings is 3. The van der Waals surface area contributed by atoms with Gasteiger partial charge in [0.25, 0.3) is 10.0 Å². The van der Waals surface area contributed by atoms with Crippen molar-refractivity contribution < 1.29 is 18.0 Å². The Balaban J connectivity index is 2.04. The van der Waals surface area contributed by atoms with Crippen LogP contribution in [0, 0.1) is 6.92 Å². The van der Waals surface area contributed by atoms with Gasteiger partial charge in [-0.15, -0.1) is 0 Å². The van der Waals surface area contributed by atoms with Gasteiger partial charge in [-0.1, -0.05) is 84.0 Å². The Morgan fingerprint density at radius 1 is 0.975 bits per heavy atom. The van der Waals surface area contributed by atoms with Crippen LogP contribution >= 0.6 is 34.8 Å². The lowest BCUT2D eigenvalue weighted by Crippen LogP contribution is -2.51. The van der Waals surface area contributed by atoms with E-state index in [1.54, 1.807) is 49.4 Å². The van der Waals surface area contributed by atoms with Crippen molar-refractivity contribution in [3.05, 3.63) is 92.9 Å². The van der Waals surface area contributed by atoms with Gasteiger partial charge in [-0.25, -0.2) is 8.42 Å². The first-order valence-electron chi connectivity index (χ1n) is 12.8. The summed E-state index contributed by atoms with van der Waals surface area (Å²) in [6, 6.07) is 16.8. The quantitative estimate of drug-likeness (QED) is 0.234. The van der Waals surface area contributed by atoms with E-state index >= 15 is 0 Å². The predicted molar refractivity (Wildman–Crippen MR) is 162 cm³/mol. The van der Waals surface area contributed by atoms with Crippen LogP contribution in [0.25, 0.3) is 0 Å². The maximum Gasteiger partial charge on any atom is 0.264 e. The van der Waals surface area contributed by atoms with Crippen molar-refractivity contribution in [3.8, 4) is 0 Å². The Labute approximate surface area is 251 Å². The molecule has 0 saturated carbocycles. The molecule has 3 aromatic rings. The Kier molecular flexibility index (Phi) is 11.3. The third-order valence-electron chi connectivity index (χ3n) is 6.33. The van der Waals surface area contributed by atoms with Crippen LogP contribution < -0.4 is 9.62 Å². The highest BCUT2D eigenvalue weighted by Crippen LogP contribution is 2.35. The Hall–Kier alpha value is -2.78. The topological polar surface area (TPSA) is 86.8 Å². The van der Waals surface area contributed by atoms with E-state index in [9.17, 15) is 18.0 Å². The van der Waals surface area contributed by atoms with Crippen LogP contribution in [0.1, 0.15) is 37.8 Å². The molecule has 3 rings (SSSR count). The van der Waals surface area contributed by atoms with Crippen LogP contribution in [-0.2, 0) is 26.2 Å². The Morgan fingerprint density at radius 2 is 1.65 bits per heavy atom. The number of anilines is 1. The average molecular weight is 625 g/mol. The van der Waals surface area contributed by atoms with Gasteiger partial charge in [0.1, 0.15) is 12.6 Å². The molecular weight excluding hydrogens is 593 g/mol. The van der Waals surface area contributed by atoms with Gasteiger partial charge in [-0.2, -0.15) is 0 Å². The first kappa shape index (κ1) is 31.7. The van der Waals surface area contributed by atoms with Crippen LogP contribution in [0.3, 0.4) is 0 Å². The predicted octanol–water partition coefficient (Wildman–Crippen LogP) is 6.48. The van der Waals surface area contributed by atoms with E-state index in [4.69, 9.17) is 34.8 Å². The van der Waals surface area contributed by atoms with Gasteiger partial charge in [0, 0.05) is 18.1 Å². The number of amides is 2. The lowest BCUT2D eigenvalue weighted by molar-refractivity contribution is -0.139. The van der Waals surface area contributed by atoms with E-state index in [0.29, 0.717) is 17.1 Å². The van der Waals surface area contributed by atoms with Crippen molar-refractivity contribution in [2.45, 2.75) is 51.1 Å². The number of unbranched alkanes of at least 4 members (excludes halogenated alkanes) is 1.